The van der Waals surface area contributed by atoms with Gasteiger partial charge in [-0.15, -0.1) is 0 Å². The van der Waals surface area contributed by atoms with Gasteiger partial charge in [-0.1, -0.05) is 54.6 Å². The molecule has 0 spiro atoms. The number of aromatic nitrogens is 1. The van der Waals surface area contributed by atoms with Gasteiger partial charge in [-0.05, 0) is 46.7 Å². The number of amides is 1. The first-order valence-electron chi connectivity index (χ1n) is 11.9. The van der Waals surface area contributed by atoms with Crippen LogP contribution < -0.4 is 5.32 Å². The highest BCUT2D eigenvalue weighted by Crippen LogP contribution is 2.55. The Morgan fingerprint density at radius 2 is 1.54 bits per heavy atom. The Kier molecular flexibility index (Phi) is 5.44. The predicted molar refractivity (Wildman–Crippen MR) is 128 cm³/mol. The van der Waals surface area contributed by atoms with Crippen LogP contribution in [0.5, 0.6) is 0 Å². The summed E-state index contributed by atoms with van der Waals surface area (Å²) in [5, 5.41) is 3.10. The molecule has 2 bridgehead atoms. The maximum absolute atomic E-state index is 14.0. The van der Waals surface area contributed by atoms with Crippen LogP contribution in [0.25, 0.3) is 11.3 Å². The second-order valence-electron chi connectivity index (χ2n) is 9.30. The number of aryl methyl sites for hydroxylation is 1. The molecule has 0 saturated heterocycles. The molecule has 3 aromatic carbocycles. The second-order valence-corrected chi connectivity index (χ2v) is 9.30. The van der Waals surface area contributed by atoms with Crippen LogP contribution >= 0.6 is 0 Å². The van der Waals surface area contributed by atoms with Crippen LogP contribution in [0.3, 0.4) is 0 Å². The van der Waals surface area contributed by atoms with E-state index in [9.17, 15) is 13.6 Å². The van der Waals surface area contributed by atoms with Crippen LogP contribution in [-0.4, -0.2) is 17.4 Å². The van der Waals surface area contributed by atoms with Crippen molar-refractivity contribution in [3.63, 3.8) is 0 Å². The highest BCUT2D eigenvalue weighted by molar-refractivity contribution is 5.76. The smallest absolute Gasteiger partial charge is 0.220 e. The van der Waals surface area contributed by atoms with E-state index >= 15 is 0 Å². The summed E-state index contributed by atoms with van der Waals surface area (Å²) < 4.78 is 33.5. The normalized spacial score (nSPS) is 19.8. The minimum atomic E-state index is -0.713. The predicted octanol–water partition coefficient (Wildman–Crippen LogP) is 5.97. The van der Waals surface area contributed by atoms with Crippen molar-refractivity contribution in [2.45, 2.75) is 31.1 Å². The van der Waals surface area contributed by atoms with Crippen LogP contribution in [0.2, 0.25) is 0 Å². The topological polar surface area (TPSA) is 55.1 Å². The Balaban J connectivity index is 1.11. The summed E-state index contributed by atoms with van der Waals surface area (Å²) in [6.45, 7) is 0.597. The number of fused-ring (bicyclic) bond motifs is 1. The van der Waals surface area contributed by atoms with E-state index in [0.29, 0.717) is 18.4 Å². The van der Waals surface area contributed by atoms with Crippen molar-refractivity contribution in [2.75, 3.05) is 6.54 Å². The summed E-state index contributed by atoms with van der Waals surface area (Å²) in [6, 6.07) is 20.9. The third-order valence-corrected chi connectivity index (χ3v) is 7.31. The Labute approximate surface area is 202 Å². The Morgan fingerprint density at radius 3 is 2.20 bits per heavy atom. The van der Waals surface area contributed by atoms with Gasteiger partial charge in [0.25, 0.3) is 0 Å². The van der Waals surface area contributed by atoms with E-state index < -0.39 is 11.6 Å². The number of hydrogen-bond acceptors (Lipinski definition) is 3. The average Bonchev–Trinajstić information content (AvgIpc) is 3.35. The molecular weight excluding hydrogens is 446 g/mol. The number of halogens is 2. The first-order chi connectivity index (χ1) is 17.1. The van der Waals surface area contributed by atoms with Crippen molar-refractivity contribution >= 4 is 5.91 Å². The molecule has 176 valence electrons. The molecule has 7 rings (SSSR count). The van der Waals surface area contributed by atoms with Gasteiger partial charge in [-0.3, -0.25) is 4.79 Å². The van der Waals surface area contributed by atoms with Gasteiger partial charge < -0.3 is 9.73 Å². The number of carbonyl (C=O) groups is 1. The average molecular weight is 471 g/mol. The molecule has 6 heteroatoms. The largest absolute Gasteiger partial charge is 0.441 e. The van der Waals surface area contributed by atoms with Crippen molar-refractivity contribution < 1.29 is 18.0 Å². The molecule has 1 aromatic heterocycles. The number of benzene rings is 3. The summed E-state index contributed by atoms with van der Waals surface area (Å²) >= 11 is 0. The van der Waals surface area contributed by atoms with Crippen LogP contribution in [0.1, 0.15) is 52.8 Å². The quantitative estimate of drug-likeness (QED) is 0.378. The number of nitrogens with zero attached hydrogens (tertiary/aromatic N) is 1. The van der Waals surface area contributed by atoms with Gasteiger partial charge in [0.1, 0.15) is 11.6 Å². The Bertz CT molecular complexity index is 1350. The molecule has 0 aliphatic heterocycles. The van der Waals surface area contributed by atoms with Crippen LogP contribution in [0.4, 0.5) is 8.78 Å². The number of oxazole rings is 1. The van der Waals surface area contributed by atoms with Gasteiger partial charge in [-0.25, -0.2) is 13.8 Å². The summed E-state index contributed by atoms with van der Waals surface area (Å²) in [4.78, 5) is 16.7. The van der Waals surface area contributed by atoms with E-state index in [1.807, 2.05) is 0 Å². The zero-order chi connectivity index (χ0) is 23.9. The standard InChI is InChI=1S/C29H24F2N2O2/c30-23-10-5-11-24(31)29(23)25-16-33-27(35-25)13-12-26(34)32-15-17-14-22-18-6-1-3-8-20(18)28(17)21-9-4-2-7-19(21)22/h1-11,16-17,22,28H,12-15H2,(H,32,34). The molecule has 1 heterocycles. The molecule has 1 N–H and O–H groups in total. The van der Waals surface area contributed by atoms with E-state index in [2.05, 4.69) is 58.8 Å². The highest BCUT2D eigenvalue weighted by Gasteiger charge is 2.42. The molecular formula is C29H24F2N2O2. The number of nitrogens with one attached hydrogen (secondary N) is 1. The van der Waals surface area contributed by atoms with Gasteiger partial charge in [0.05, 0.1) is 11.8 Å². The number of carbonyl (C=O) groups excluding carboxylic acids is 1. The van der Waals surface area contributed by atoms with Crippen molar-refractivity contribution in [3.05, 3.63) is 113 Å². The van der Waals surface area contributed by atoms with Crippen molar-refractivity contribution in [1.82, 2.24) is 10.3 Å². The molecule has 0 radical (unpaired) electrons. The van der Waals surface area contributed by atoms with Gasteiger partial charge in [0, 0.05) is 31.2 Å². The molecule has 1 unspecified atom stereocenters. The monoisotopic (exact) mass is 470 g/mol. The fourth-order valence-electron chi connectivity index (χ4n) is 5.79. The molecule has 35 heavy (non-hydrogen) atoms. The molecule has 4 aromatic rings. The first kappa shape index (κ1) is 21.7. The van der Waals surface area contributed by atoms with Crippen LogP contribution in [0, 0.1) is 17.6 Å². The van der Waals surface area contributed by atoms with E-state index in [4.69, 9.17) is 4.42 Å². The highest BCUT2D eigenvalue weighted by atomic mass is 19.1. The van der Waals surface area contributed by atoms with Crippen molar-refractivity contribution in [1.29, 1.82) is 0 Å². The lowest BCUT2D eigenvalue weighted by atomic mass is 9.59. The lowest BCUT2D eigenvalue weighted by molar-refractivity contribution is -0.121. The molecule has 0 fully saturated rings. The molecule has 4 nitrogen and oxygen atoms in total. The minimum Gasteiger partial charge on any atom is -0.441 e. The fourth-order valence-corrected chi connectivity index (χ4v) is 5.79. The number of hydrogen-bond donors (Lipinski definition) is 1. The maximum atomic E-state index is 14.0. The molecule has 1 atom stereocenters. The maximum Gasteiger partial charge on any atom is 0.220 e. The lowest BCUT2D eigenvalue weighted by Gasteiger charge is -2.45. The lowest BCUT2D eigenvalue weighted by Crippen LogP contribution is -2.39. The SMILES string of the molecule is O=C(CCc1ncc(-c2c(F)cccc2F)o1)NCC1CC2c3ccccc3C1c1ccccc12. The van der Waals surface area contributed by atoms with Crippen LogP contribution in [-0.2, 0) is 11.2 Å². The van der Waals surface area contributed by atoms with Gasteiger partial charge in [0.2, 0.25) is 5.91 Å². The Morgan fingerprint density at radius 1 is 0.914 bits per heavy atom. The molecule has 0 saturated carbocycles. The second kappa shape index (κ2) is 8.77. The summed E-state index contributed by atoms with van der Waals surface area (Å²) in [5.41, 5.74) is 5.31. The number of rotatable bonds is 6. The van der Waals surface area contributed by atoms with Crippen molar-refractivity contribution in [3.8, 4) is 11.3 Å². The minimum absolute atomic E-state index is 0.0200. The van der Waals surface area contributed by atoms with Gasteiger partial charge >= 0.3 is 0 Å². The third kappa shape index (κ3) is 3.83. The van der Waals surface area contributed by atoms with E-state index in [1.165, 1.54) is 46.6 Å². The van der Waals surface area contributed by atoms with Crippen LogP contribution in [0.15, 0.2) is 77.3 Å². The van der Waals surface area contributed by atoms with E-state index in [-0.39, 0.29) is 41.9 Å². The van der Waals surface area contributed by atoms with E-state index in [1.54, 1.807) is 0 Å². The molecule has 3 aliphatic carbocycles. The molecule has 1 amide bonds. The molecule has 3 aliphatic rings. The summed E-state index contributed by atoms with van der Waals surface area (Å²) in [5.74, 6) is -0.262. The summed E-state index contributed by atoms with van der Waals surface area (Å²) in [7, 11) is 0. The van der Waals surface area contributed by atoms with E-state index in [0.717, 1.165) is 6.42 Å². The third-order valence-electron chi connectivity index (χ3n) is 7.31. The fraction of sp³-hybridized carbons (Fsp3) is 0.241. The van der Waals surface area contributed by atoms with Crippen molar-refractivity contribution in [2.24, 2.45) is 5.92 Å². The van der Waals surface area contributed by atoms with Gasteiger partial charge in [-0.2, -0.15) is 0 Å². The summed E-state index contributed by atoms with van der Waals surface area (Å²) in [6.07, 6.45) is 2.75. The Hall–Kier alpha value is -3.80. The zero-order valence-corrected chi connectivity index (χ0v) is 19.0. The zero-order valence-electron chi connectivity index (χ0n) is 19.0. The van der Waals surface area contributed by atoms with Gasteiger partial charge in [0.15, 0.2) is 11.7 Å². The first-order valence-corrected chi connectivity index (χ1v) is 11.9.